The van der Waals surface area contributed by atoms with Crippen molar-refractivity contribution in [3.8, 4) is 0 Å². The summed E-state index contributed by atoms with van der Waals surface area (Å²) in [7, 11) is 0. The van der Waals surface area contributed by atoms with Crippen LogP contribution in [0.3, 0.4) is 0 Å². The van der Waals surface area contributed by atoms with E-state index in [4.69, 9.17) is 0 Å². The van der Waals surface area contributed by atoms with Gasteiger partial charge in [-0.05, 0) is 17.9 Å². The van der Waals surface area contributed by atoms with Gasteiger partial charge >= 0.3 is 0 Å². The molecule has 0 aliphatic heterocycles. The molecule has 1 heterocycles. The molecule has 0 N–H and O–H groups in total. The maximum absolute atomic E-state index is 12.4. The molecule has 0 bridgehead atoms. The average molecular weight is 130 g/mol. The van der Waals surface area contributed by atoms with Crippen molar-refractivity contribution in [1.29, 1.82) is 0 Å². The van der Waals surface area contributed by atoms with Crippen LogP contribution in [0.15, 0.2) is 11.4 Å². The first kappa shape index (κ1) is 5.76. The van der Waals surface area contributed by atoms with Gasteiger partial charge in [0.15, 0.2) is 0 Å². The summed E-state index contributed by atoms with van der Waals surface area (Å²) in [5.41, 5.74) is 0. The molecule has 0 atom stereocenters. The van der Waals surface area contributed by atoms with Gasteiger partial charge in [0, 0.05) is 4.88 Å². The van der Waals surface area contributed by atoms with Gasteiger partial charge in [-0.1, -0.05) is 6.92 Å². The van der Waals surface area contributed by atoms with Crippen LogP contribution < -0.4 is 0 Å². The van der Waals surface area contributed by atoms with Gasteiger partial charge in [0.05, 0.1) is 0 Å². The summed E-state index contributed by atoms with van der Waals surface area (Å²) in [6.45, 7) is 1.95. The zero-order chi connectivity index (χ0) is 5.98. The number of aryl methyl sites for hydroxylation is 1. The minimum atomic E-state index is -0.0579. The molecule has 0 unspecified atom stereocenters. The Kier molecular flexibility index (Phi) is 1.63. The van der Waals surface area contributed by atoms with Crippen LogP contribution in [0, 0.1) is 5.82 Å². The van der Waals surface area contributed by atoms with Crippen molar-refractivity contribution in [2.24, 2.45) is 0 Å². The molecule has 0 saturated carbocycles. The highest BCUT2D eigenvalue weighted by Gasteiger charge is 1.97. The van der Waals surface area contributed by atoms with Gasteiger partial charge in [-0.25, -0.2) is 4.39 Å². The van der Waals surface area contributed by atoms with E-state index >= 15 is 0 Å². The van der Waals surface area contributed by atoms with Crippen LogP contribution in [0.2, 0.25) is 0 Å². The van der Waals surface area contributed by atoms with E-state index < -0.39 is 0 Å². The molecule has 0 aromatic carbocycles. The van der Waals surface area contributed by atoms with Crippen molar-refractivity contribution in [2.75, 3.05) is 0 Å². The van der Waals surface area contributed by atoms with E-state index in [1.165, 1.54) is 17.4 Å². The molecule has 0 radical (unpaired) electrons. The quantitative estimate of drug-likeness (QED) is 0.547. The highest BCUT2D eigenvalue weighted by Crippen LogP contribution is 2.14. The third-order valence-corrected chi connectivity index (χ3v) is 2.05. The van der Waals surface area contributed by atoms with Gasteiger partial charge in [0.2, 0.25) is 0 Å². The second-order valence-corrected chi connectivity index (χ2v) is 2.55. The minimum absolute atomic E-state index is 0.0579. The highest BCUT2D eigenvalue weighted by atomic mass is 32.1. The molecular formula is C6H7FS. The first-order valence-corrected chi connectivity index (χ1v) is 3.44. The highest BCUT2D eigenvalue weighted by molar-refractivity contribution is 7.09. The molecule has 8 heavy (non-hydrogen) atoms. The van der Waals surface area contributed by atoms with Crippen LogP contribution in [0.25, 0.3) is 0 Å². The summed E-state index contributed by atoms with van der Waals surface area (Å²) in [6.07, 6.45) is 0.809. The molecule has 0 nitrogen and oxygen atoms in total. The van der Waals surface area contributed by atoms with Crippen molar-refractivity contribution in [2.45, 2.75) is 13.3 Å². The topological polar surface area (TPSA) is 0 Å². The van der Waals surface area contributed by atoms with Crippen molar-refractivity contribution in [1.82, 2.24) is 0 Å². The third kappa shape index (κ3) is 0.892. The molecule has 0 fully saturated rings. The van der Waals surface area contributed by atoms with E-state index in [0.29, 0.717) is 0 Å². The maximum Gasteiger partial charge on any atom is 0.137 e. The zero-order valence-electron chi connectivity index (χ0n) is 4.65. The molecule has 0 amide bonds. The zero-order valence-corrected chi connectivity index (χ0v) is 5.46. The van der Waals surface area contributed by atoms with Crippen LogP contribution in [0.5, 0.6) is 0 Å². The SMILES string of the molecule is CCc1sccc1F. The fourth-order valence-electron chi connectivity index (χ4n) is 0.577. The van der Waals surface area contributed by atoms with Crippen LogP contribution >= 0.6 is 11.3 Å². The Morgan fingerprint density at radius 2 is 2.50 bits per heavy atom. The van der Waals surface area contributed by atoms with Gasteiger partial charge < -0.3 is 0 Å². The summed E-state index contributed by atoms with van der Waals surface area (Å²) in [4.78, 5) is 0.852. The summed E-state index contributed by atoms with van der Waals surface area (Å²) in [6, 6.07) is 1.50. The van der Waals surface area contributed by atoms with E-state index in [-0.39, 0.29) is 5.82 Å². The normalized spacial score (nSPS) is 9.75. The van der Waals surface area contributed by atoms with Crippen LogP contribution in [0.4, 0.5) is 4.39 Å². The molecule has 0 spiro atoms. The summed E-state index contributed by atoms with van der Waals surface area (Å²) >= 11 is 1.47. The third-order valence-electron chi connectivity index (χ3n) is 1.01. The number of hydrogen-bond donors (Lipinski definition) is 0. The van der Waals surface area contributed by atoms with Gasteiger partial charge in [-0.2, -0.15) is 0 Å². The maximum atomic E-state index is 12.4. The lowest BCUT2D eigenvalue weighted by atomic mass is 10.4. The predicted molar refractivity (Wildman–Crippen MR) is 33.7 cm³/mol. The van der Waals surface area contributed by atoms with Crippen LogP contribution in [-0.4, -0.2) is 0 Å². The standard InChI is InChI=1S/C6H7FS/c1-2-6-5(7)3-4-8-6/h3-4H,2H2,1H3. The molecule has 0 aliphatic rings. The molecule has 1 rings (SSSR count). The van der Waals surface area contributed by atoms with E-state index in [1.807, 2.05) is 6.92 Å². The Labute approximate surface area is 52.0 Å². The summed E-state index contributed by atoms with van der Waals surface area (Å²) in [5.74, 6) is -0.0579. The number of hydrogen-bond acceptors (Lipinski definition) is 1. The molecule has 1 aromatic heterocycles. The minimum Gasteiger partial charge on any atom is -0.206 e. The lowest BCUT2D eigenvalue weighted by Crippen LogP contribution is -1.74. The number of rotatable bonds is 1. The van der Waals surface area contributed by atoms with E-state index in [2.05, 4.69) is 0 Å². The Balaban J connectivity index is 2.92. The molecule has 2 heteroatoms. The predicted octanol–water partition coefficient (Wildman–Crippen LogP) is 2.45. The van der Waals surface area contributed by atoms with Crippen molar-refractivity contribution < 1.29 is 4.39 Å². The molecule has 0 aliphatic carbocycles. The van der Waals surface area contributed by atoms with E-state index in [1.54, 1.807) is 5.38 Å². The molecular weight excluding hydrogens is 123 g/mol. The van der Waals surface area contributed by atoms with Crippen molar-refractivity contribution in [3.63, 3.8) is 0 Å². The number of thiophene rings is 1. The van der Waals surface area contributed by atoms with Crippen LogP contribution in [-0.2, 0) is 6.42 Å². The van der Waals surface area contributed by atoms with Crippen molar-refractivity contribution in [3.05, 3.63) is 22.1 Å². The van der Waals surface area contributed by atoms with Gasteiger partial charge in [-0.3, -0.25) is 0 Å². The average Bonchev–Trinajstić information content (AvgIpc) is 2.14. The molecule has 44 valence electrons. The Morgan fingerprint density at radius 1 is 1.75 bits per heavy atom. The smallest absolute Gasteiger partial charge is 0.137 e. The second kappa shape index (κ2) is 2.27. The lowest BCUT2D eigenvalue weighted by Gasteiger charge is -1.83. The van der Waals surface area contributed by atoms with Gasteiger partial charge in [0.1, 0.15) is 5.82 Å². The largest absolute Gasteiger partial charge is 0.206 e. The second-order valence-electron chi connectivity index (χ2n) is 1.55. The Hall–Kier alpha value is -0.370. The summed E-state index contributed by atoms with van der Waals surface area (Å²) < 4.78 is 12.4. The fourth-order valence-corrected chi connectivity index (χ4v) is 1.28. The van der Waals surface area contributed by atoms with Gasteiger partial charge in [0.25, 0.3) is 0 Å². The molecule has 1 aromatic rings. The number of halogens is 1. The van der Waals surface area contributed by atoms with E-state index in [9.17, 15) is 4.39 Å². The summed E-state index contributed by atoms with van der Waals surface area (Å²) in [5, 5.41) is 1.77. The molecule has 0 saturated heterocycles. The van der Waals surface area contributed by atoms with Crippen molar-refractivity contribution >= 4 is 11.3 Å². The Morgan fingerprint density at radius 3 is 2.75 bits per heavy atom. The lowest BCUT2D eigenvalue weighted by molar-refractivity contribution is 0.620. The van der Waals surface area contributed by atoms with E-state index in [0.717, 1.165) is 11.3 Å². The monoisotopic (exact) mass is 130 g/mol. The fraction of sp³-hybridized carbons (Fsp3) is 0.333. The van der Waals surface area contributed by atoms with Crippen LogP contribution in [0.1, 0.15) is 11.8 Å². The first-order chi connectivity index (χ1) is 3.84. The Bertz CT molecular complexity index is 169. The van der Waals surface area contributed by atoms with Gasteiger partial charge in [-0.15, -0.1) is 11.3 Å². The first-order valence-electron chi connectivity index (χ1n) is 2.56.